The standard InChI is InChI=1S/C26H34FN3O3/c27-19-6-8-20(9-7-19)28-22-4-2-1-3-17(22)13-16-5-10-21-18(14-16)15-30(26(21)33)23-11-12-24(31)29-25(23)32/h5,10,14,17,19-20,22-23,28H,1-4,6-9,11-13,15H2,(H,29,31,32)/t17-,19-,20-,22+,23?/m1/s1. The number of hydrogen-bond acceptors (Lipinski definition) is 4. The lowest BCUT2D eigenvalue weighted by Crippen LogP contribution is -2.52. The minimum Gasteiger partial charge on any atom is -0.322 e. The van der Waals surface area contributed by atoms with E-state index in [0.29, 0.717) is 49.4 Å². The summed E-state index contributed by atoms with van der Waals surface area (Å²) in [7, 11) is 0. The highest BCUT2D eigenvalue weighted by atomic mass is 19.1. The summed E-state index contributed by atoms with van der Waals surface area (Å²) < 4.78 is 13.5. The van der Waals surface area contributed by atoms with Crippen molar-refractivity contribution in [1.29, 1.82) is 0 Å². The third kappa shape index (κ3) is 4.84. The molecule has 0 aromatic heterocycles. The molecule has 4 aliphatic rings. The predicted octanol–water partition coefficient (Wildman–Crippen LogP) is 3.42. The third-order valence-corrected chi connectivity index (χ3v) is 8.10. The molecule has 5 rings (SSSR count). The number of hydrogen-bond donors (Lipinski definition) is 2. The van der Waals surface area contributed by atoms with Gasteiger partial charge in [0.25, 0.3) is 5.91 Å². The molecule has 1 saturated heterocycles. The summed E-state index contributed by atoms with van der Waals surface area (Å²) in [4.78, 5) is 38.3. The molecule has 3 amide bonds. The van der Waals surface area contributed by atoms with E-state index in [1.807, 2.05) is 6.07 Å². The lowest BCUT2D eigenvalue weighted by Gasteiger charge is -2.37. The van der Waals surface area contributed by atoms with Crippen molar-refractivity contribution in [2.24, 2.45) is 5.92 Å². The van der Waals surface area contributed by atoms with Crippen molar-refractivity contribution in [3.63, 3.8) is 0 Å². The monoisotopic (exact) mass is 455 g/mol. The van der Waals surface area contributed by atoms with Crippen LogP contribution in [0.4, 0.5) is 4.39 Å². The van der Waals surface area contributed by atoms with E-state index in [2.05, 4.69) is 22.8 Å². The lowest BCUT2D eigenvalue weighted by atomic mass is 9.79. The van der Waals surface area contributed by atoms with E-state index in [0.717, 1.165) is 24.8 Å². The van der Waals surface area contributed by atoms with E-state index < -0.39 is 12.2 Å². The SMILES string of the molecule is O=C1CCC(N2Cc3cc(C[C@H]4CCCC[C@@H]4N[C@H]4CC[C@H](F)CC4)ccc3C2=O)C(=O)N1. The van der Waals surface area contributed by atoms with Crippen molar-refractivity contribution in [3.05, 3.63) is 34.9 Å². The van der Waals surface area contributed by atoms with Gasteiger partial charge in [0.05, 0.1) is 0 Å². The molecule has 2 aliphatic carbocycles. The van der Waals surface area contributed by atoms with Gasteiger partial charge < -0.3 is 10.2 Å². The molecule has 1 aromatic carbocycles. The number of amides is 3. The lowest BCUT2D eigenvalue weighted by molar-refractivity contribution is -0.136. The molecule has 1 aromatic rings. The first-order chi connectivity index (χ1) is 16.0. The zero-order valence-corrected chi connectivity index (χ0v) is 19.2. The second-order valence-electron chi connectivity index (χ2n) is 10.4. The Labute approximate surface area is 194 Å². The van der Waals surface area contributed by atoms with Crippen LogP contribution in [0.25, 0.3) is 0 Å². The number of nitrogens with one attached hydrogen (secondary N) is 2. The Morgan fingerprint density at radius 3 is 2.58 bits per heavy atom. The van der Waals surface area contributed by atoms with Gasteiger partial charge in [0.2, 0.25) is 11.8 Å². The summed E-state index contributed by atoms with van der Waals surface area (Å²) in [6.45, 7) is 0.424. The van der Waals surface area contributed by atoms with E-state index in [1.165, 1.54) is 31.2 Å². The third-order valence-electron chi connectivity index (χ3n) is 8.10. The van der Waals surface area contributed by atoms with Crippen LogP contribution in [0.3, 0.4) is 0 Å². The Kier molecular flexibility index (Phi) is 6.50. The summed E-state index contributed by atoms with van der Waals surface area (Å²) in [5.74, 6) is -0.211. The van der Waals surface area contributed by atoms with Gasteiger partial charge in [0.1, 0.15) is 12.2 Å². The predicted molar refractivity (Wildman–Crippen MR) is 122 cm³/mol. The molecule has 0 spiro atoms. The summed E-state index contributed by atoms with van der Waals surface area (Å²) in [5.41, 5.74) is 2.88. The van der Waals surface area contributed by atoms with Crippen LogP contribution >= 0.6 is 0 Å². The summed E-state index contributed by atoms with van der Waals surface area (Å²) in [5, 5.41) is 6.23. The number of benzene rings is 1. The first-order valence-corrected chi connectivity index (χ1v) is 12.6. The van der Waals surface area contributed by atoms with Gasteiger partial charge in [-0.05, 0) is 74.5 Å². The number of imide groups is 1. The van der Waals surface area contributed by atoms with Crippen molar-refractivity contribution in [1.82, 2.24) is 15.5 Å². The molecule has 7 heteroatoms. The average molecular weight is 456 g/mol. The van der Waals surface area contributed by atoms with Crippen LogP contribution in [-0.2, 0) is 22.6 Å². The summed E-state index contributed by atoms with van der Waals surface area (Å²) >= 11 is 0. The summed E-state index contributed by atoms with van der Waals surface area (Å²) in [6.07, 6.45) is 9.07. The van der Waals surface area contributed by atoms with Gasteiger partial charge in [0.15, 0.2) is 0 Å². The van der Waals surface area contributed by atoms with Crippen LogP contribution in [0.2, 0.25) is 0 Å². The van der Waals surface area contributed by atoms with Gasteiger partial charge in [-0.3, -0.25) is 19.7 Å². The van der Waals surface area contributed by atoms with Gasteiger partial charge in [-0.25, -0.2) is 4.39 Å². The average Bonchev–Trinajstić information content (AvgIpc) is 3.12. The fraction of sp³-hybridized carbons (Fsp3) is 0.654. The maximum atomic E-state index is 13.5. The zero-order chi connectivity index (χ0) is 22.9. The molecule has 2 aliphatic heterocycles. The van der Waals surface area contributed by atoms with Crippen LogP contribution in [0.1, 0.15) is 85.7 Å². The molecule has 0 bridgehead atoms. The first kappa shape index (κ1) is 22.5. The highest BCUT2D eigenvalue weighted by Gasteiger charge is 2.39. The van der Waals surface area contributed by atoms with Crippen molar-refractivity contribution in [2.75, 3.05) is 0 Å². The molecule has 178 valence electrons. The van der Waals surface area contributed by atoms with Gasteiger partial charge >= 0.3 is 0 Å². The Hall–Kier alpha value is -2.28. The molecule has 1 unspecified atom stereocenters. The topological polar surface area (TPSA) is 78.5 Å². The number of piperidine rings is 1. The Bertz CT molecular complexity index is 927. The molecule has 6 nitrogen and oxygen atoms in total. The number of rotatable bonds is 5. The Morgan fingerprint density at radius 1 is 1.00 bits per heavy atom. The molecule has 2 N–H and O–H groups in total. The van der Waals surface area contributed by atoms with E-state index >= 15 is 0 Å². The van der Waals surface area contributed by atoms with Crippen LogP contribution in [-0.4, -0.2) is 46.9 Å². The van der Waals surface area contributed by atoms with Crippen LogP contribution in [0.5, 0.6) is 0 Å². The van der Waals surface area contributed by atoms with Gasteiger partial charge in [-0.15, -0.1) is 0 Å². The largest absolute Gasteiger partial charge is 0.322 e. The summed E-state index contributed by atoms with van der Waals surface area (Å²) in [6, 6.07) is 6.44. The number of alkyl halides is 1. The van der Waals surface area contributed by atoms with Crippen LogP contribution in [0.15, 0.2) is 18.2 Å². The van der Waals surface area contributed by atoms with Crippen molar-refractivity contribution in [2.45, 2.75) is 101 Å². The number of carbonyl (C=O) groups is 3. The van der Waals surface area contributed by atoms with Gasteiger partial charge in [-0.2, -0.15) is 0 Å². The van der Waals surface area contributed by atoms with E-state index in [-0.39, 0.29) is 24.1 Å². The number of carbonyl (C=O) groups excluding carboxylic acids is 3. The Balaban J connectivity index is 1.24. The number of nitrogens with zero attached hydrogens (tertiary/aromatic N) is 1. The van der Waals surface area contributed by atoms with E-state index in [4.69, 9.17) is 0 Å². The molecule has 0 radical (unpaired) electrons. The molecule has 2 heterocycles. The quantitative estimate of drug-likeness (QED) is 0.667. The van der Waals surface area contributed by atoms with Crippen molar-refractivity contribution < 1.29 is 18.8 Å². The minimum atomic E-state index is -0.626. The maximum absolute atomic E-state index is 13.5. The van der Waals surface area contributed by atoms with E-state index in [1.54, 1.807) is 4.90 Å². The second-order valence-corrected chi connectivity index (χ2v) is 10.4. The fourth-order valence-electron chi connectivity index (χ4n) is 6.25. The maximum Gasteiger partial charge on any atom is 0.255 e. The minimum absolute atomic E-state index is 0.119. The first-order valence-electron chi connectivity index (χ1n) is 12.6. The highest BCUT2D eigenvalue weighted by molar-refractivity contribution is 6.05. The van der Waals surface area contributed by atoms with Crippen LogP contribution in [0, 0.1) is 5.92 Å². The smallest absolute Gasteiger partial charge is 0.255 e. The second kappa shape index (κ2) is 9.53. The van der Waals surface area contributed by atoms with Gasteiger partial charge in [-0.1, -0.05) is 25.0 Å². The normalized spacial score (nSPS) is 32.6. The van der Waals surface area contributed by atoms with Crippen molar-refractivity contribution >= 4 is 17.7 Å². The molecule has 33 heavy (non-hydrogen) atoms. The van der Waals surface area contributed by atoms with Crippen molar-refractivity contribution in [3.8, 4) is 0 Å². The number of halogens is 1. The molecule has 2 saturated carbocycles. The fourth-order valence-corrected chi connectivity index (χ4v) is 6.25. The van der Waals surface area contributed by atoms with Crippen LogP contribution < -0.4 is 10.6 Å². The molecular formula is C26H34FN3O3. The van der Waals surface area contributed by atoms with E-state index in [9.17, 15) is 18.8 Å². The highest BCUT2D eigenvalue weighted by Crippen LogP contribution is 2.33. The van der Waals surface area contributed by atoms with Gasteiger partial charge in [0, 0.05) is 30.6 Å². The zero-order valence-electron chi connectivity index (χ0n) is 19.2. The number of fused-ring (bicyclic) bond motifs is 1. The molecule has 3 fully saturated rings. The molecular weight excluding hydrogens is 421 g/mol. The Morgan fingerprint density at radius 2 is 1.79 bits per heavy atom. The molecule has 3 atom stereocenters.